The molecule has 7 nitrogen and oxygen atoms in total. The number of rotatable bonds is 6. The fourth-order valence-corrected chi connectivity index (χ4v) is 5.75. The van der Waals surface area contributed by atoms with Crippen molar-refractivity contribution in [1.29, 1.82) is 0 Å². The predicted molar refractivity (Wildman–Crippen MR) is 114 cm³/mol. The van der Waals surface area contributed by atoms with Crippen LogP contribution in [0.25, 0.3) is 0 Å². The smallest absolute Gasteiger partial charge is 0.337 e. The second-order valence-electron chi connectivity index (χ2n) is 8.77. The molecule has 2 fully saturated rings. The third-order valence-corrected chi connectivity index (χ3v) is 8.20. The molecule has 0 N–H and O–H groups in total. The van der Waals surface area contributed by atoms with Crippen molar-refractivity contribution in [3.63, 3.8) is 0 Å². The number of hydrogen-bond acceptors (Lipinski definition) is 4. The molecule has 2 heterocycles. The van der Waals surface area contributed by atoms with Crippen molar-refractivity contribution in [1.82, 2.24) is 18.8 Å². The van der Waals surface area contributed by atoms with Crippen LogP contribution >= 0.6 is 0 Å². The maximum Gasteiger partial charge on any atom is 0.416 e. The molecule has 1 aliphatic carbocycles. The Balaban J connectivity index is 1.45. The Hall–Kier alpha value is -2.40. The topological polar surface area (TPSA) is 75.5 Å². The highest BCUT2D eigenvalue weighted by molar-refractivity contribution is 7.89. The molecule has 4 rings (SSSR count). The number of hydrogen-bond donors (Lipinski definition) is 0. The molecule has 1 aromatic carbocycles. The van der Waals surface area contributed by atoms with Crippen LogP contribution < -0.4 is 0 Å². The number of amides is 1. The lowest BCUT2D eigenvalue weighted by atomic mass is 9.96. The molecule has 0 spiro atoms. The molecule has 180 valence electrons. The molecule has 1 amide bonds. The summed E-state index contributed by atoms with van der Waals surface area (Å²) < 4.78 is 69.0. The number of alkyl halides is 3. The van der Waals surface area contributed by atoms with Gasteiger partial charge in [-0.25, -0.2) is 13.4 Å². The van der Waals surface area contributed by atoms with Crippen molar-refractivity contribution in [2.75, 3.05) is 13.1 Å². The van der Waals surface area contributed by atoms with Gasteiger partial charge in [0.1, 0.15) is 5.82 Å². The van der Waals surface area contributed by atoms with Crippen LogP contribution in [0.4, 0.5) is 13.2 Å². The molecule has 2 aromatic rings. The molecule has 0 radical (unpaired) electrons. The highest BCUT2D eigenvalue weighted by Crippen LogP contribution is 2.36. The Bertz CT molecular complexity index is 1110. The molecule has 1 saturated heterocycles. The molecule has 0 atom stereocenters. The lowest BCUT2D eigenvalue weighted by Gasteiger charge is -2.34. The van der Waals surface area contributed by atoms with Gasteiger partial charge in [0.2, 0.25) is 5.91 Å². The lowest BCUT2D eigenvalue weighted by molar-refractivity contribution is -0.142. The maximum absolute atomic E-state index is 13.4. The fourth-order valence-electron chi connectivity index (χ4n) is 4.25. The number of piperidine rings is 1. The van der Waals surface area contributed by atoms with E-state index in [1.807, 2.05) is 0 Å². The maximum atomic E-state index is 13.4. The van der Waals surface area contributed by atoms with Crippen LogP contribution in [0.5, 0.6) is 0 Å². The SMILES string of the molecule is Cc1nc(S(=O)(=O)N2CCC(C(=O)N(Cc3ccccc3C(F)(F)F)C3CC3)CC2)cn1C. The summed E-state index contributed by atoms with van der Waals surface area (Å²) in [7, 11) is -2.04. The minimum atomic E-state index is -4.49. The van der Waals surface area contributed by atoms with E-state index in [4.69, 9.17) is 0 Å². The Morgan fingerprint density at radius 2 is 1.79 bits per heavy atom. The second-order valence-corrected chi connectivity index (χ2v) is 10.7. The average molecular weight is 485 g/mol. The van der Waals surface area contributed by atoms with Gasteiger partial charge in [0.05, 0.1) is 5.56 Å². The summed E-state index contributed by atoms with van der Waals surface area (Å²) in [6.45, 7) is 1.97. The summed E-state index contributed by atoms with van der Waals surface area (Å²) in [5.41, 5.74) is -0.647. The third kappa shape index (κ3) is 4.93. The zero-order valence-corrected chi connectivity index (χ0v) is 19.4. The van der Waals surface area contributed by atoms with E-state index in [2.05, 4.69) is 4.98 Å². The average Bonchev–Trinajstić information content (AvgIpc) is 3.55. The first-order chi connectivity index (χ1) is 15.5. The highest BCUT2D eigenvalue weighted by atomic mass is 32.2. The first-order valence-corrected chi connectivity index (χ1v) is 12.4. The first-order valence-electron chi connectivity index (χ1n) is 10.9. The quantitative estimate of drug-likeness (QED) is 0.630. The Labute approximate surface area is 191 Å². The van der Waals surface area contributed by atoms with E-state index < -0.39 is 27.7 Å². The normalized spacial score (nSPS) is 18.5. The summed E-state index contributed by atoms with van der Waals surface area (Å²) in [6.07, 6.45) is -0.826. The summed E-state index contributed by atoms with van der Waals surface area (Å²) in [6, 6.07) is 5.28. The van der Waals surface area contributed by atoms with Gasteiger partial charge >= 0.3 is 6.18 Å². The zero-order chi connectivity index (χ0) is 24.0. The number of nitrogens with zero attached hydrogens (tertiary/aromatic N) is 4. The number of halogens is 3. The summed E-state index contributed by atoms with van der Waals surface area (Å²) in [4.78, 5) is 18.9. The molecule has 0 unspecified atom stereocenters. The number of benzene rings is 1. The number of aryl methyl sites for hydroxylation is 2. The Morgan fingerprint density at radius 3 is 2.33 bits per heavy atom. The van der Waals surface area contributed by atoms with Gasteiger partial charge in [-0.2, -0.15) is 17.5 Å². The molecular weight excluding hydrogens is 457 g/mol. The number of imidazole rings is 1. The van der Waals surface area contributed by atoms with Crippen LogP contribution in [-0.2, 0) is 34.6 Å². The molecule has 11 heteroatoms. The van der Waals surface area contributed by atoms with Gasteiger partial charge in [-0.1, -0.05) is 18.2 Å². The van der Waals surface area contributed by atoms with E-state index in [9.17, 15) is 26.4 Å². The van der Waals surface area contributed by atoms with Crippen molar-refractivity contribution in [3.05, 3.63) is 47.4 Å². The van der Waals surface area contributed by atoms with Crippen molar-refractivity contribution < 1.29 is 26.4 Å². The van der Waals surface area contributed by atoms with Crippen molar-refractivity contribution in [3.8, 4) is 0 Å². The van der Waals surface area contributed by atoms with E-state index >= 15 is 0 Å². The van der Waals surface area contributed by atoms with Crippen molar-refractivity contribution >= 4 is 15.9 Å². The highest BCUT2D eigenvalue weighted by Gasteiger charge is 2.40. The third-order valence-electron chi connectivity index (χ3n) is 6.43. The molecular formula is C22H27F3N4O3S. The van der Waals surface area contributed by atoms with E-state index in [0.717, 1.165) is 18.9 Å². The Kier molecular flexibility index (Phi) is 6.30. The van der Waals surface area contributed by atoms with Gasteiger partial charge in [0.15, 0.2) is 5.03 Å². The fraction of sp³-hybridized carbons (Fsp3) is 0.545. The monoisotopic (exact) mass is 484 g/mol. The largest absolute Gasteiger partial charge is 0.416 e. The number of aromatic nitrogens is 2. The molecule has 1 aliphatic heterocycles. The summed E-state index contributed by atoms with van der Waals surface area (Å²) in [5, 5.41) is -0.0179. The van der Waals surface area contributed by atoms with E-state index in [1.165, 1.54) is 22.6 Å². The van der Waals surface area contributed by atoms with Crippen LogP contribution in [0.2, 0.25) is 0 Å². The van der Waals surface area contributed by atoms with Gasteiger partial charge in [0, 0.05) is 44.8 Å². The summed E-state index contributed by atoms with van der Waals surface area (Å²) in [5.74, 6) is -0.0291. The van der Waals surface area contributed by atoms with Gasteiger partial charge < -0.3 is 9.47 Å². The second kappa shape index (κ2) is 8.75. The lowest BCUT2D eigenvalue weighted by Crippen LogP contribution is -2.45. The molecule has 1 saturated carbocycles. The minimum Gasteiger partial charge on any atom is -0.337 e. The Morgan fingerprint density at radius 1 is 1.15 bits per heavy atom. The van der Waals surface area contributed by atoms with E-state index in [1.54, 1.807) is 29.5 Å². The van der Waals surface area contributed by atoms with Gasteiger partial charge in [0.25, 0.3) is 10.0 Å². The van der Waals surface area contributed by atoms with Gasteiger partial charge in [-0.05, 0) is 44.2 Å². The van der Waals surface area contributed by atoms with Crippen molar-refractivity contribution in [2.24, 2.45) is 13.0 Å². The van der Waals surface area contributed by atoms with Gasteiger partial charge in [-0.3, -0.25) is 4.79 Å². The van der Waals surface area contributed by atoms with Crippen molar-refractivity contribution in [2.45, 2.75) is 56.4 Å². The number of carbonyl (C=O) groups excluding carboxylic acids is 1. The standard InChI is InChI=1S/C22H27F3N4O3S/c1-15-26-20(14-27(15)2)33(31,32)28-11-9-16(10-12-28)21(30)29(18-7-8-18)13-17-5-3-4-6-19(17)22(23,24)25/h3-6,14,16,18H,7-13H2,1-2H3. The molecule has 33 heavy (non-hydrogen) atoms. The van der Waals surface area contributed by atoms with Crippen LogP contribution in [0, 0.1) is 12.8 Å². The van der Waals surface area contributed by atoms with Crippen LogP contribution in [0.1, 0.15) is 42.6 Å². The van der Waals surface area contributed by atoms with Gasteiger partial charge in [-0.15, -0.1) is 0 Å². The minimum absolute atomic E-state index is 0.0179. The van der Waals surface area contributed by atoms with E-state index in [-0.39, 0.29) is 42.2 Å². The van der Waals surface area contributed by atoms with Crippen LogP contribution in [0.3, 0.4) is 0 Å². The molecule has 2 aliphatic rings. The zero-order valence-electron chi connectivity index (χ0n) is 18.5. The molecule has 0 bridgehead atoms. The van der Waals surface area contributed by atoms with Crippen LogP contribution in [0.15, 0.2) is 35.5 Å². The van der Waals surface area contributed by atoms with E-state index in [0.29, 0.717) is 18.7 Å². The number of sulfonamides is 1. The predicted octanol–water partition coefficient (Wildman–Crippen LogP) is 3.34. The number of carbonyl (C=O) groups is 1. The first kappa shape index (κ1) is 23.7. The molecule has 1 aromatic heterocycles. The van der Waals surface area contributed by atoms with Crippen LogP contribution in [-0.4, -0.2) is 52.2 Å². The summed E-state index contributed by atoms with van der Waals surface area (Å²) >= 11 is 0.